The molecule has 0 saturated heterocycles. The highest BCUT2D eigenvalue weighted by Gasteiger charge is 2.22. The van der Waals surface area contributed by atoms with E-state index in [0.717, 1.165) is 65.8 Å². The van der Waals surface area contributed by atoms with Crippen molar-refractivity contribution >= 4 is 17.2 Å². The topological polar surface area (TPSA) is 57.2 Å². The Labute approximate surface area is 171 Å². The molecule has 0 aromatic carbocycles. The first-order valence-electron chi connectivity index (χ1n) is 9.89. The minimum atomic E-state index is 0.793. The molecule has 0 radical (unpaired) electrons. The summed E-state index contributed by atoms with van der Waals surface area (Å²) in [6, 6.07) is 10.2. The Morgan fingerprint density at radius 2 is 1.93 bits per heavy atom. The summed E-state index contributed by atoms with van der Waals surface area (Å²) in [6.45, 7) is 8.21. The maximum absolute atomic E-state index is 5.05. The largest absolute Gasteiger partial charge is 0.372 e. The second kappa shape index (κ2) is 8.31. The molecule has 3 aromatic rings. The van der Waals surface area contributed by atoms with Gasteiger partial charge < -0.3 is 15.1 Å². The lowest BCUT2D eigenvalue weighted by Gasteiger charge is -2.33. The third kappa shape index (κ3) is 4.21. The standard InChI is InChI=1S/C23H26N6/c1-17-13-19(15-25-14-17)21-8-9-22-23(27-21)29(12-5-4-11-28(22)3)18(2)26-20-7-6-10-24-16-20/h6-10,13-16,26H,2,4-5,11-12H2,1,3H3. The molecular formula is C23H26N6. The SMILES string of the molecule is C=C(Nc1cccnc1)N1CCCCN(C)c2ccc(-c3cncc(C)c3)nc21. The van der Waals surface area contributed by atoms with Crippen LogP contribution in [-0.2, 0) is 0 Å². The van der Waals surface area contributed by atoms with Crippen LogP contribution < -0.4 is 15.1 Å². The fraction of sp³-hybridized carbons (Fsp3) is 0.261. The molecule has 4 heterocycles. The van der Waals surface area contributed by atoms with Gasteiger partial charge in [-0.1, -0.05) is 6.58 Å². The molecule has 1 N–H and O–H groups in total. The molecule has 3 aromatic heterocycles. The van der Waals surface area contributed by atoms with Gasteiger partial charge in [0.05, 0.1) is 23.3 Å². The van der Waals surface area contributed by atoms with Crippen molar-refractivity contribution in [3.63, 3.8) is 0 Å². The zero-order valence-corrected chi connectivity index (χ0v) is 17.0. The molecule has 0 atom stereocenters. The van der Waals surface area contributed by atoms with Crippen LogP contribution in [0.3, 0.4) is 0 Å². The average molecular weight is 387 g/mol. The van der Waals surface area contributed by atoms with Crippen molar-refractivity contribution in [3.05, 3.63) is 73.1 Å². The first kappa shape index (κ1) is 18.9. The Morgan fingerprint density at radius 1 is 1.07 bits per heavy atom. The number of hydrogen-bond donors (Lipinski definition) is 1. The van der Waals surface area contributed by atoms with Crippen LogP contribution in [0.4, 0.5) is 17.2 Å². The molecule has 0 saturated carbocycles. The first-order valence-corrected chi connectivity index (χ1v) is 9.89. The van der Waals surface area contributed by atoms with Crippen molar-refractivity contribution in [2.75, 3.05) is 35.3 Å². The van der Waals surface area contributed by atoms with Gasteiger partial charge in [0.2, 0.25) is 0 Å². The van der Waals surface area contributed by atoms with Crippen LogP contribution in [-0.4, -0.2) is 35.1 Å². The fourth-order valence-electron chi connectivity index (χ4n) is 3.57. The quantitative estimate of drug-likeness (QED) is 0.714. The zero-order valence-electron chi connectivity index (χ0n) is 17.0. The average Bonchev–Trinajstić information content (AvgIpc) is 2.72. The third-order valence-electron chi connectivity index (χ3n) is 5.09. The molecule has 0 unspecified atom stereocenters. The molecule has 0 aliphatic carbocycles. The van der Waals surface area contributed by atoms with Crippen molar-refractivity contribution < 1.29 is 0 Å². The molecule has 1 aliphatic rings. The maximum atomic E-state index is 5.05. The minimum absolute atomic E-state index is 0.793. The molecular weight excluding hydrogens is 360 g/mol. The van der Waals surface area contributed by atoms with Gasteiger partial charge in [-0.25, -0.2) is 4.98 Å². The van der Waals surface area contributed by atoms with E-state index in [-0.39, 0.29) is 0 Å². The van der Waals surface area contributed by atoms with Gasteiger partial charge in [0.15, 0.2) is 5.82 Å². The van der Waals surface area contributed by atoms with Gasteiger partial charge in [-0.05, 0) is 55.7 Å². The number of fused-ring (bicyclic) bond motifs is 1. The molecule has 0 fully saturated rings. The first-order chi connectivity index (χ1) is 14.1. The number of pyridine rings is 3. The van der Waals surface area contributed by atoms with Crippen molar-refractivity contribution in [2.45, 2.75) is 19.8 Å². The third-order valence-corrected chi connectivity index (χ3v) is 5.09. The van der Waals surface area contributed by atoms with Crippen LogP contribution in [0, 0.1) is 6.92 Å². The molecule has 0 spiro atoms. The van der Waals surface area contributed by atoms with Gasteiger partial charge in [-0.2, -0.15) is 0 Å². The Kier molecular flexibility index (Phi) is 5.42. The zero-order chi connectivity index (χ0) is 20.2. The highest BCUT2D eigenvalue weighted by Crippen LogP contribution is 2.34. The molecule has 6 nitrogen and oxygen atoms in total. The normalized spacial score (nSPS) is 14.0. The lowest BCUT2D eigenvalue weighted by atomic mass is 10.1. The van der Waals surface area contributed by atoms with Crippen LogP contribution in [0.2, 0.25) is 0 Å². The van der Waals surface area contributed by atoms with Crippen LogP contribution >= 0.6 is 0 Å². The molecule has 29 heavy (non-hydrogen) atoms. The van der Waals surface area contributed by atoms with E-state index in [1.54, 1.807) is 12.4 Å². The minimum Gasteiger partial charge on any atom is -0.372 e. The van der Waals surface area contributed by atoms with Crippen molar-refractivity contribution in [3.8, 4) is 11.3 Å². The number of nitrogens with one attached hydrogen (secondary N) is 1. The Hall–Kier alpha value is -3.41. The van der Waals surface area contributed by atoms with Gasteiger partial charge >= 0.3 is 0 Å². The monoisotopic (exact) mass is 386 g/mol. The Morgan fingerprint density at radius 3 is 2.72 bits per heavy atom. The maximum Gasteiger partial charge on any atom is 0.158 e. The summed E-state index contributed by atoms with van der Waals surface area (Å²) < 4.78 is 0. The van der Waals surface area contributed by atoms with E-state index >= 15 is 0 Å². The Bertz CT molecular complexity index is 1000. The summed E-state index contributed by atoms with van der Waals surface area (Å²) in [5.41, 5.74) is 5.06. The number of aryl methyl sites for hydroxylation is 1. The van der Waals surface area contributed by atoms with E-state index in [1.165, 1.54) is 0 Å². The summed E-state index contributed by atoms with van der Waals surface area (Å²) in [7, 11) is 2.12. The van der Waals surface area contributed by atoms with Gasteiger partial charge in [-0.15, -0.1) is 0 Å². The number of aromatic nitrogens is 3. The Balaban J connectivity index is 1.74. The predicted molar refractivity (Wildman–Crippen MR) is 119 cm³/mol. The molecule has 0 bridgehead atoms. The van der Waals surface area contributed by atoms with E-state index in [9.17, 15) is 0 Å². The highest BCUT2D eigenvalue weighted by molar-refractivity contribution is 5.75. The van der Waals surface area contributed by atoms with Crippen molar-refractivity contribution in [2.24, 2.45) is 0 Å². The van der Waals surface area contributed by atoms with Gasteiger partial charge in [0.25, 0.3) is 0 Å². The van der Waals surface area contributed by atoms with Crippen molar-refractivity contribution in [1.82, 2.24) is 15.0 Å². The second-order valence-corrected chi connectivity index (χ2v) is 7.38. The molecule has 6 heteroatoms. The summed E-state index contributed by atoms with van der Waals surface area (Å²) in [5, 5.41) is 3.38. The van der Waals surface area contributed by atoms with Gasteiger partial charge in [0.1, 0.15) is 5.82 Å². The van der Waals surface area contributed by atoms with E-state index in [4.69, 9.17) is 4.98 Å². The van der Waals surface area contributed by atoms with E-state index in [0.29, 0.717) is 0 Å². The summed E-state index contributed by atoms with van der Waals surface area (Å²) in [4.78, 5) is 18.0. The smallest absolute Gasteiger partial charge is 0.158 e. The van der Waals surface area contributed by atoms with E-state index in [2.05, 4.69) is 56.9 Å². The van der Waals surface area contributed by atoms with Crippen LogP contribution in [0.25, 0.3) is 11.3 Å². The molecule has 148 valence electrons. The van der Waals surface area contributed by atoms with Crippen LogP contribution in [0.15, 0.2) is 67.5 Å². The van der Waals surface area contributed by atoms with E-state index < -0.39 is 0 Å². The van der Waals surface area contributed by atoms with Crippen molar-refractivity contribution in [1.29, 1.82) is 0 Å². The number of rotatable bonds is 4. The van der Waals surface area contributed by atoms with Crippen LogP contribution in [0.1, 0.15) is 18.4 Å². The molecule has 0 amide bonds. The lowest BCUT2D eigenvalue weighted by Crippen LogP contribution is -2.33. The summed E-state index contributed by atoms with van der Waals surface area (Å²) in [5.74, 6) is 1.70. The van der Waals surface area contributed by atoms with Gasteiger partial charge in [-0.3, -0.25) is 9.97 Å². The second-order valence-electron chi connectivity index (χ2n) is 7.38. The van der Waals surface area contributed by atoms with E-state index in [1.807, 2.05) is 31.5 Å². The summed E-state index contributed by atoms with van der Waals surface area (Å²) in [6.07, 6.45) is 9.46. The fourth-order valence-corrected chi connectivity index (χ4v) is 3.57. The molecule has 1 aliphatic heterocycles. The van der Waals surface area contributed by atoms with Crippen LogP contribution in [0.5, 0.6) is 0 Å². The number of anilines is 3. The predicted octanol–water partition coefficient (Wildman–Crippen LogP) is 4.47. The molecule has 4 rings (SSSR count). The summed E-state index contributed by atoms with van der Waals surface area (Å²) >= 11 is 0. The number of nitrogens with zero attached hydrogens (tertiary/aromatic N) is 5. The lowest BCUT2D eigenvalue weighted by molar-refractivity contribution is 0.688. The van der Waals surface area contributed by atoms with Gasteiger partial charge in [0, 0.05) is 44.3 Å². The number of hydrogen-bond acceptors (Lipinski definition) is 6. The highest BCUT2D eigenvalue weighted by atomic mass is 15.3.